The van der Waals surface area contributed by atoms with Crippen molar-refractivity contribution in [2.75, 3.05) is 13.7 Å². The smallest absolute Gasteiger partial charge is 0.192 e. The number of aromatic hydroxyl groups is 1. The minimum Gasteiger partial charge on any atom is -0.507 e. The van der Waals surface area contributed by atoms with Gasteiger partial charge in [-0.3, -0.25) is 9.59 Å². The number of phenols is 1. The number of hydrogen-bond donors (Lipinski definition) is 1. The summed E-state index contributed by atoms with van der Waals surface area (Å²) in [7, 11) is 1.42. The minimum atomic E-state index is -0.285. The molecule has 0 radical (unpaired) electrons. The van der Waals surface area contributed by atoms with Crippen LogP contribution in [0.5, 0.6) is 5.75 Å². The first-order valence-electron chi connectivity index (χ1n) is 5.08. The zero-order valence-electron chi connectivity index (χ0n) is 9.77. The molecule has 0 bridgehead atoms. The van der Waals surface area contributed by atoms with E-state index in [1.54, 1.807) is 12.1 Å². The quantitative estimate of drug-likeness (QED) is 0.623. The van der Waals surface area contributed by atoms with Crippen LogP contribution in [0.25, 0.3) is 6.08 Å². The average molecular weight is 234 g/mol. The Hall–Kier alpha value is -1.94. The monoisotopic (exact) mass is 234 g/mol. The maximum Gasteiger partial charge on any atom is 0.192 e. The molecule has 0 unspecified atom stereocenters. The second kappa shape index (κ2) is 5.96. The van der Waals surface area contributed by atoms with Gasteiger partial charge >= 0.3 is 0 Å². The topological polar surface area (TPSA) is 63.6 Å². The Kier molecular flexibility index (Phi) is 4.60. The molecule has 0 atom stereocenters. The van der Waals surface area contributed by atoms with E-state index in [2.05, 4.69) is 0 Å². The lowest BCUT2D eigenvalue weighted by atomic mass is 10.1. The Labute approximate surface area is 99.5 Å². The molecular weight excluding hydrogens is 220 g/mol. The van der Waals surface area contributed by atoms with Crippen LogP contribution in [0.3, 0.4) is 0 Å². The van der Waals surface area contributed by atoms with E-state index >= 15 is 0 Å². The van der Waals surface area contributed by atoms with E-state index in [9.17, 15) is 14.7 Å². The molecule has 1 rings (SSSR count). The van der Waals surface area contributed by atoms with Crippen molar-refractivity contribution in [3.63, 3.8) is 0 Å². The number of carbonyl (C=O) groups excluding carboxylic acids is 2. The van der Waals surface area contributed by atoms with Gasteiger partial charge in [0.1, 0.15) is 12.4 Å². The Balaban J connectivity index is 2.93. The molecule has 0 aromatic heterocycles. The van der Waals surface area contributed by atoms with E-state index in [4.69, 9.17) is 4.74 Å². The maximum absolute atomic E-state index is 11.5. The highest BCUT2D eigenvalue weighted by atomic mass is 16.5. The van der Waals surface area contributed by atoms with Gasteiger partial charge in [0.15, 0.2) is 11.6 Å². The zero-order valence-corrected chi connectivity index (χ0v) is 9.77. The fourth-order valence-electron chi connectivity index (χ4n) is 1.31. The Morgan fingerprint density at radius 3 is 2.65 bits per heavy atom. The summed E-state index contributed by atoms with van der Waals surface area (Å²) >= 11 is 0. The summed E-state index contributed by atoms with van der Waals surface area (Å²) in [4.78, 5) is 22.2. The summed E-state index contributed by atoms with van der Waals surface area (Å²) in [6, 6.07) is 4.60. The van der Waals surface area contributed by atoms with Crippen molar-refractivity contribution in [2.45, 2.75) is 6.92 Å². The van der Waals surface area contributed by atoms with Gasteiger partial charge in [0.25, 0.3) is 0 Å². The van der Waals surface area contributed by atoms with Crippen LogP contribution in [-0.4, -0.2) is 30.4 Å². The molecule has 0 heterocycles. The van der Waals surface area contributed by atoms with Gasteiger partial charge in [-0.25, -0.2) is 0 Å². The van der Waals surface area contributed by atoms with E-state index in [-0.39, 0.29) is 29.5 Å². The molecular formula is C13H14O4. The summed E-state index contributed by atoms with van der Waals surface area (Å²) < 4.78 is 4.70. The first kappa shape index (κ1) is 13.1. The number of hydrogen-bond acceptors (Lipinski definition) is 4. The lowest BCUT2D eigenvalue weighted by molar-refractivity contribution is -0.112. The molecule has 0 saturated carbocycles. The molecule has 0 aliphatic heterocycles. The van der Waals surface area contributed by atoms with Gasteiger partial charge in [-0.05, 0) is 30.7 Å². The van der Waals surface area contributed by atoms with Crippen molar-refractivity contribution < 1.29 is 19.4 Å². The molecule has 1 aromatic rings. The second-order valence-electron chi connectivity index (χ2n) is 3.58. The molecule has 90 valence electrons. The van der Waals surface area contributed by atoms with E-state index < -0.39 is 0 Å². The van der Waals surface area contributed by atoms with Crippen molar-refractivity contribution in [3.8, 4) is 5.75 Å². The first-order chi connectivity index (χ1) is 8.04. The molecule has 0 amide bonds. The lowest BCUT2D eigenvalue weighted by Crippen LogP contribution is -2.07. The van der Waals surface area contributed by atoms with Gasteiger partial charge in [0.2, 0.25) is 0 Å². The van der Waals surface area contributed by atoms with E-state index in [1.165, 1.54) is 32.2 Å². The third kappa shape index (κ3) is 3.85. The molecule has 0 spiro atoms. The number of carbonyl (C=O) groups is 2. The Bertz CT molecular complexity index is 460. The largest absolute Gasteiger partial charge is 0.507 e. The van der Waals surface area contributed by atoms with E-state index in [1.807, 2.05) is 0 Å². The average Bonchev–Trinajstić information content (AvgIpc) is 2.26. The lowest BCUT2D eigenvalue weighted by Gasteiger charge is -2.03. The molecule has 1 N–H and O–H groups in total. The van der Waals surface area contributed by atoms with Crippen LogP contribution < -0.4 is 0 Å². The highest BCUT2D eigenvalue weighted by molar-refractivity contribution is 6.00. The van der Waals surface area contributed by atoms with Crippen LogP contribution in [0.2, 0.25) is 0 Å². The first-order valence-corrected chi connectivity index (χ1v) is 5.08. The standard InChI is InChI=1S/C13H14O4/c1-9(14)3-4-10-5-6-11(12(15)7-10)13(16)8-17-2/h3-7,15H,8H2,1-2H3/b4-3+. The van der Waals surface area contributed by atoms with Gasteiger partial charge in [0, 0.05) is 7.11 Å². The summed E-state index contributed by atoms with van der Waals surface area (Å²) in [5.41, 5.74) is 0.874. The molecule has 0 aliphatic carbocycles. The second-order valence-corrected chi connectivity index (χ2v) is 3.58. The summed E-state index contributed by atoms with van der Waals surface area (Å²) in [5.74, 6) is -0.478. The van der Waals surface area contributed by atoms with Gasteiger partial charge in [-0.1, -0.05) is 12.1 Å². The van der Waals surface area contributed by atoms with Crippen molar-refractivity contribution in [1.29, 1.82) is 0 Å². The number of methoxy groups -OCH3 is 1. The molecule has 0 aliphatic rings. The fourth-order valence-corrected chi connectivity index (χ4v) is 1.31. The number of ether oxygens (including phenoxy) is 1. The van der Waals surface area contributed by atoms with Crippen molar-refractivity contribution in [2.24, 2.45) is 0 Å². The molecule has 17 heavy (non-hydrogen) atoms. The van der Waals surface area contributed by atoms with E-state index in [0.717, 1.165) is 0 Å². The Morgan fingerprint density at radius 1 is 1.41 bits per heavy atom. The summed E-state index contributed by atoms with van der Waals surface area (Å²) in [6.45, 7) is 1.36. The predicted octanol–water partition coefficient (Wildman–Crippen LogP) is 1.82. The molecule has 4 heteroatoms. The summed E-state index contributed by atoms with van der Waals surface area (Å²) in [5, 5.41) is 9.66. The number of Topliss-reactive ketones (excluding diaryl/α,β-unsaturated/α-hetero) is 1. The minimum absolute atomic E-state index is 0.0732. The van der Waals surface area contributed by atoms with Crippen molar-refractivity contribution in [3.05, 3.63) is 35.4 Å². The van der Waals surface area contributed by atoms with E-state index in [0.29, 0.717) is 5.56 Å². The third-order valence-electron chi connectivity index (χ3n) is 2.11. The number of ketones is 2. The number of benzene rings is 1. The van der Waals surface area contributed by atoms with Crippen LogP contribution in [0.1, 0.15) is 22.8 Å². The van der Waals surface area contributed by atoms with Crippen LogP contribution in [-0.2, 0) is 9.53 Å². The van der Waals surface area contributed by atoms with Crippen molar-refractivity contribution in [1.82, 2.24) is 0 Å². The number of phenolic OH excluding ortho intramolecular Hbond substituents is 1. The van der Waals surface area contributed by atoms with Gasteiger partial charge in [-0.2, -0.15) is 0 Å². The Morgan fingerprint density at radius 2 is 2.12 bits per heavy atom. The van der Waals surface area contributed by atoms with Gasteiger partial charge in [-0.15, -0.1) is 0 Å². The van der Waals surface area contributed by atoms with Crippen molar-refractivity contribution >= 4 is 17.6 Å². The zero-order chi connectivity index (χ0) is 12.8. The highest BCUT2D eigenvalue weighted by Crippen LogP contribution is 2.20. The summed E-state index contributed by atoms with van der Waals surface area (Å²) in [6.07, 6.45) is 2.97. The number of rotatable bonds is 5. The van der Waals surface area contributed by atoms with Gasteiger partial charge < -0.3 is 9.84 Å². The van der Waals surface area contributed by atoms with Crippen LogP contribution >= 0.6 is 0 Å². The SMILES string of the molecule is COCC(=O)c1ccc(/C=C/C(C)=O)cc1O. The molecule has 1 aromatic carbocycles. The van der Waals surface area contributed by atoms with Crippen LogP contribution in [0.4, 0.5) is 0 Å². The van der Waals surface area contributed by atoms with Crippen LogP contribution in [0.15, 0.2) is 24.3 Å². The normalized spacial score (nSPS) is 10.7. The molecule has 0 saturated heterocycles. The molecule has 0 fully saturated rings. The number of allylic oxidation sites excluding steroid dienone is 1. The third-order valence-corrected chi connectivity index (χ3v) is 2.11. The fraction of sp³-hybridized carbons (Fsp3) is 0.231. The van der Waals surface area contributed by atoms with Crippen LogP contribution in [0, 0.1) is 0 Å². The molecule has 4 nitrogen and oxygen atoms in total. The maximum atomic E-state index is 11.5. The van der Waals surface area contributed by atoms with Gasteiger partial charge in [0.05, 0.1) is 5.56 Å². The predicted molar refractivity (Wildman–Crippen MR) is 64.0 cm³/mol. The highest BCUT2D eigenvalue weighted by Gasteiger charge is 2.10.